The van der Waals surface area contributed by atoms with E-state index in [1.54, 1.807) is 41.2 Å². The summed E-state index contributed by atoms with van der Waals surface area (Å²) in [7, 11) is -1.91. The topological polar surface area (TPSA) is 114 Å². The monoisotopic (exact) mass is 397 g/mol. The molecule has 1 aromatic heterocycles. The van der Waals surface area contributed by atoms with Gasteiger partial charge in [-0.1, -0.05) is 12.1 Å². The van der Waals surface area contributed by atoms with Crippen molar-refractivity contribution in [2.24, 2.45) is 17.3 Å². The first kappa shape index (κ1) is 18.2. The van der Waals surface area contributed by atoms with Gasteiger partial charge in [0.1, 0.15) is 5.75 Å². The predicted octanol–water partition coefficient (Wildman–Crippen LogP) is 2.13. The second-order valence-electron chi connectivity index (χ2n) is 6.65. The molecule has 3 aromatic rings. The van der Waals surface area contributed by atoms with Crippen molar-refractivity contribution in [1.82, 2.24) is 9.78 Å². The Hall–Kier alpha value is -3.17. The lowest BCUT2D eigenvalue weighted by atomic mass is 10.0. The molecule has 1 atom stereocenters. The van der Waals surface area contributed by atoms with Gasteiger partial charge < -0.3 is 5.11 Å². The Bertz CT molecular complexity index is 1150. The van der Waals surface area contributed by atoms with Gasteiger partial charge in [0.2, 0.25) is 10.0 Å². The lowest BCUT2D eigenvalue weighted by Crippen LogP contribution is -2.18. The predicted molar refractivity (Wildman–Crippen MR) is 106 cm³/mol. The van der Waals surface area contributed by atoms with E-state index in [0.29, 0.717) is 6.42 Å². The van der Waals surface area contributed by atoms with Gasteiger partial charge in [-0.2, -0.15) is 10.2 Å². The van der Waals surface area contributed by atoms with Gasteiger partial charge in [0.25, 0.3) is 0 Å². The molecular weight excluding hydrogens is 378 g/mol. The second-order valence-corrected chi connectivity index (χ2v) is 8.21. The minimum absolute atomic E-state index is 0.0468. The molecule has 0 aliphatic carbocycles. The first-order valence-electron chi connectivity index (χ1n) is 8.59. The number of hydrogen-bond acceptors (Lipinski definition) is 6. The van der Waals surface area contributed by atoms with Crippen LogP contribution in [0.2, 0.25) is 0 Å². The zero-order valence-electron chi connectivity index (χ0n) is 15.1. The fourth-order valence-corrected chi connectivity index (χ4v) is 3.78. The number of nitrogens with two attached hydrogens (primary N) is 1. The third-order valence-corrected chi connectivity index (χ3v) is 5.56. The number of hydrazone groups is 1. The van der Waals surface area contributed by atoms with E-state index in [4.69, 9.17) is 10.2 Å². The highest BCUT2D eigenvalue weighted by atomic mass is 32.2. The normalized spacial score (nSPS) is 17.0. The maximum atomic E-state index is 11.5. The molecule has 0 bridgehead atoms. The lowest BCUT2D eigenvalue weighted by molar-refractivity contribution is 0.475. The third kappa shape index (κ3) is 3.49. The first-order chi connectivity index (χ1) is 13.3. The van der Waals surface area contributed by atoms with Crippen molar-refractivity contribution in [3.63, 3.8) is 0 Å². The summed E-state index contributed by atoms with van der Waals surface area (Å²) < 4.78 is 24.8. The Morgan fingerprint density at radius 3 is 2.54 bits per heavy atom. The van der Waals surface area contributed by atoms with Gasteiger partial charge in [-0.25, -0.2) is 13.6 Å². The van der Waals surface area contributed by atoms with Crippen LogP contribution in [0.25, 0.3) is 0 Å². The van der Waals surface area contributed by atoms with Crippen LogP contribution >= 0.6 is 0 Å². The van der Waals surface area contributed by atoms with Gasteiger partial charge >= 0.3 is 0 Å². The number of anilines is 1. The van der Waals surface area contributed by atoms with E-state index < -0.39 is 10.0 Å². The number of benzene rings is 2. The number of aryl methyl sites for hydroxylation is 1. The number of aromatic hydroxyl groups is 1. The summed E-state index contributed by atoms with van der Waals surface area (Å²) in [6.07, 6.45) is 4.33. The number of phenols is 1. The van der Waals surface area contributed by atoms with Crippen LogP contribution in [-0.4, -0.2) is 29.0 Å². The van der Waals surface area contributed by atoms with Crippen LogP contribution in [0.1, 0.15) is 23.6 Å². The van der Waals surface area contributed by atoms with Crippen molar-refractivity contribution in [2.75, 3.05) is 5.01 Å². The SMILES string of the molecule is Cn1cc([C@H]2CC(c3cccc(O)c3)=NN2c2ccc(S(N)(=O)=O)cc2)cn1. The quantitative estimate of drug-likeness (QED) is 0.700. The van der Waals surface area contributed by atoms with E-state index in [-0.39, 0.29) is 16.7 Å². The van der Waals surface area contributed by atoms with Crippen LogP contribution in [0.3, 0.4) is 0 Å². The molecule has 0 amide bonds. The van der Waals surface area contributed by atoms with Crippen molar-refractivity contribution in [3.05, 3.63) is 72.1 Å². The number of rotatable bonds is 4. The first-order valence-corrected chi connectivity index (χ1v) is 10.1. The van der Waals surface area contributed by atoms with Gasteiger partial charge in [-0.15, -0.1) is 0 Å². The molecule has 1 aliphatic rings. The summed E-state index contributed by atoms with van der Waals surface area (Å²) in [6.45, 7) is 0. The summed E-state index contributed by atoms with van der Waals surface area (Å²) in [4.78, 5) is 0.0468. The van der Waals surface area contributed by atoms with Crippen molar-refractivity contribution in [1.29, 1.82) is 0 Å². The molecule has 28 heavy (non-hydrogen) atoms. The van der Waals surface area contributed by atoms with Crippen LogP contribution in [0.4, 0.5) is 5.69 Å². The molecule has 0 saturated carbocycles. The van der Waals surface area contributed by atoms with E-state index >= 15 is 0 Å². The molecule has 9 heteroatoms. The number of sulfonamides is 1. The van der Waals surface area contributed by atoms with Crippen LogP contribution in [0.15, 0.2) is 70.9 Å². The summed E-state index contributed by atoms with van der Waals surface area (Å²) in [6, 6.07) is 13.1. The van der Waals surface area contributed by atoms with Crippen LogP contribution < -0.4 is 10.1 Å². The highest BCUT2D eigenvalue weighted by molar-refractivity contribution is 7.89. The van der Waals surface area contributed by atoms with Crippen LogP contribution in [-0.2, 0) is 17.1 Å². The molecule has 0 unspecified atom stereocenters. The second kappa shape index (κ2) is 6.77. The molecule has 0 saturated heterocycles. The maximum absolute atomic E-state index is 11.5. The standard InChI is InChI=1S/C19H19N5O3S/c1-23-12-14(11-21-23)19-10-18(13-3-2-4-16(25)9-13)22-24(19)15-5-7-17(8-6-15)28(20,26)27/h2-9,11-12,19,25H,10H2,1H3,(H2,20,26,27)/t19-/m1/s1. The van der Waals surface area contributed by atoms with Crippen LogP contribution in [0.5, 0.6) is 5.75 Å². The third-order valence-electron chi connectivity index (χ3n) is 4.63. The van der Waals surface area contributed by atoms with Gasteiger partial charge in [-0.05, 0) is 36.4 Å². The maximum Gasteiger partial charge on any atom is 0.238 e. The van der Waals surface area contributed by atoms with E-state index in [1.165, 1.54) is 12.1 Å². The molecule has 144 valence electrons. The van der Waals surface area contributed by atoms with Gasteiger partial charge in [0.05, 0.1) is 28.5 Å². The molecule has 2 heterocycles. The zero-order chi connectivity index (χ0) is 19.9. The Labute approximate surface area is 162 Å². The average Bonchev–Trinajstić information content (AvgIpc) is 3.27. The Morgan fingerprint density at radius 1 is 1.18 bits per heavy atom. The van der Waals surface area contributed by atoms with Crippen molar-refractivity contribution < 1.29 is 13.5 Å². The number of aromatic nitrogens is 2. The van der Waals surface area contributed by atoms with Gasteiger partial charge in [0, 0.05) is 30.8 Å². The fraction of sp³-hybridized carbons (Fsp3) is 0.158. The number of primary sulfonamides is 1. The van der Waals surface area contributed by atoms with E-state index in [9.17, 15) is 13.5 Å². The highest BCUT2D eigenvalue weighted by Gasteiger charge is 2.31. The van der Waals surface area contributed by atoms with E-state index in [0.717, 1.165) is 22.5 Å². The van der Waals surface area contributed by atoms with E-state index in [1.807, 2.05) is 24.3 Å². The van der Waals surface area contributed by atoms with Gasteiger partial charge in [0.15, 0.2) is 0 Å². The summed E-state index contributed by atoms with van der Waals surface area (Å²) in [5.74, 6) is 0.175. The number of phenolic OH excluding ortho intramolecular Hbond substituents is 1. The number of hydrogen-bond donors (Lipinski definition) is 2. The van der Waals surface area contributed by atoms with Crippen molar-refractivity contribution >= 4 is 21.4 Å². The molecule has 8 nitrogen and oxygen atoms in total. The summed E-state index contributed by atoms with van der Waals surface area (Å²) in [5.41, 5.74) is 3.37. The van der Waals surface area contributed by atoms with Crippen molar-refractivity contribution in [3.8, 4) is 5.75 Å². The fourth-order valence-electron chi connectivity index (χ4n) is 3.27. The zero-order valence-corrected chi connectivity index (χ0v) is 15.9. The van der Waals surface area contributed by atoms with Crippen LogP contribution in [0, 0.1) is 0 Å². The Kier molecular flexibility index (Phi) is 4.40. The van der Waals surface area contributed by atoms with E-state index in [2.05, 4.69) is 5.10 Å². The highest BCUT2D eigenvalue weighted by Crippen LogP contribution is 2.37. The molecule has 0 radical (unpaired) electrons. The Balaban J connectivity index is 1.75. The number of nitrogens with zero attached hydrogens (tertiary/aromatic N) is 4. The smallest absolute Gasteiger partial charge is 0.238 e. The summed E-state index contributed by atoms with van der Waals surface area (Å²) >= 11 is 0. The van der Waals surface area contributed by atoms with Crippen molar-refractivity contribution in [2.45, 2.75) is 17.4 Å². The lowest BCUT2D eigenvalue weighted by Gasteiger charge is -2.22. The van der Waals surface area contributed by atoms with Gasteiger partial charge in [-0.3, -0.25) is 9.69 Å². The molecule has 0 fully saturated rings. The molecule has 1 aliphatic heterocycles. The minimum Gasteiger partial charge on any atom is -0.508 e. The average molecular weight is 397 g/mol. The largest absolute Gasteiger partial charge is 0.508 e. The summed E-state index contributed by atoms with van der Waals surface area (Å²) in [5, 5.41) is 25.8. The molecule has 4 rings (SSSR count). The Morgan fingerprint density at radius 2 is 1.93 bits per heavy atom. The minimum atomic E-state index is -3.76. The molecule has 3 N–H and O–H groups in total. The molecule has 2 aromatic carbocycles. The molecule has 0 spiro atoms. The molecular formula is C19H19N5O3S.